The molecule has 0 spiro atoms. The van der Waals surface area contributed by atoms with Gasteiger partial charge in [-0.05, 0) is 57.0 Å². The number of carbonyl (C=O) groups is 1. The number of halogens is 2. The maximum atomic E-state index is 13.2. The molecule has 0 atom stereocenters. The Bertz CT molecular complexity index is 973. The molecule has 1 heterocycles. The first-order chi connectivity index (χ1) is 13.7. The summed E-state index contributed by atoms with van der Waals surface area (Å²) in [6, 6.07) is 14.0. The van der Waals surface area contributed by atoms with Crippen LogP contribution in [0.4, 0.5) is 5.69 Å². The predicted octanol–water partition coefficient (Wildman–Crippen LogP) is 4.84. The molecular formula is C21H24Cl2N2O3S. The molecule has 0 saturated carbocycles. The van der Waals surface area contributed by atoms with Gasteiger partial charge in [-0.15, -0.1) is 0 Å². The van der Waals surface area contributed by atoms with E-state index in [4.69, 9.17) is 23.2 Å². The highest BCUT2D eigenvalue weighted by atomic mass is 35.5. The fourth-order valence-electron chi connectivity index (χ4n) is 3.62. The van der Waals surface area contributed by atoms with Gasteiger partial charge in [-0.1, -0.05) is 41.4 Å². The van der Waals surface area contributed by atoms with E-state index < -0.39 is 10.0 Å². The molecule has 8 heteroatoms. The minimum atomic E-state index is -3.76. The third-order valence-corrected chi connectivity index (χ3v) is 7.72. The molecule has 5 nitrogen and oxygen atoms in total. The third-order valence-electron chi connectivity index (χ3n) is 5.10. The van der Waals surface area contributed by atoms with Gasteiger partial charge in [-0.2, -0.15) is 4.31 Å². The normalized spacial score (nSPS) is 16.2. The molecular weight excluding hydrogens is 431 g/mol. The fourth-order valence-corrected chi connectivity index (χ4v) is 5.83. The molecule has 0 aliphatic carbocycles. The average molecular weight is 455 g/mol. The smallest absolute Gasteiger partial charge is 0.244 e. The van der Waals surface area contributed by atoms with Crippen molar-refractivity contribution in [2.75, 3.05) is 18.0 Å². The highest BCUT2D eigenvalue weighted by molar-refractivity contribution is 7.89. The van der Waals surface area contributed by atoms with Crippen molar-refractivity contribution in [3.63, 3.8) is 0 Å². The molecule has 0 radical (unpaired) electrons. The van der Waals surface area contributed by atoms with E-state index in [2.05, 4.69) is 0 Å². The number of benzene rings is 2. The Labute approximate surface area is 182 Å². The summed E-state index contributed by atoms with van der Waals surface area (Å²) in [5, 5.41) is 0.455. The molecule has 29 heavy (non-hydrogen) atoms. The summed E-state index contributed by atoms with van der Waals surface area (Å²) in [6.07, 6.45) is 0.929. The average Bonchev–Trinajstić information content (AvgIpc) is 2.70. The lowest BCUT2D eigenvalue weighted by Gasteiger charge is -2.35. The predicted molar refractivity (Wildman–Crippen MR) is 117 cm³/mol. The van der Waals surface area contributed by atoms with Gasteiger partial charge in [0.05, 0.1) is 5.02 Å². The SMILES string of the molecule is CC(C)N(C(=O)C1CCN(S(=O)(=O)c2cc(Cl)ccc2Cl)CC1)c1ccccc1. The van der Waals surface area contributed by atoms with Gasteiger partial charge in [0.15, 0.2) is 0 Å². The Kier molecular flexibility index (Phi) is 6.89. The maximum Gasteiger partial charge on any atom is 0.244 e. The topological polar surface area (TPSA) is 57.7 Å². The summed E-state index contributed by atoms with van der Waals surface area (Å²) >= 11 is 12.1. The van der Waals surface area contributed by atoms with Crippen molar-refractivity contribution in [3.05, 3.63) is 58.6 Å². The van der Waals surface area contributed by atoms with E-state index in [0.29, 0.717) is 17.9 Å². The number of hydrogen-bond donors (Lipinski definition) is 0. The van der Waals surface area contributed by atoms with Crippen LogP contribution in [0.1, 0.15) is 26.7 Å². The van der Waals surface area contributed by atoms with Gasteiger partial charge in [0.25, 0.3) is 0 Å². The van der Waals surface area contributed by atoms with Crippen LogP contribution in [0.5, 0.6) is 0 Å². The van der Waals surface area contributed by atoms with E-state index in [1.54, 1.807) is 11.0 Å². The monoisotopic (exact) mass is 454 g/mol. The van der Waals surface area contributed by atoms with Gasteiger partial charge in [0, 0.05) is 35.8 Å². The molecule has 156 valence electrons. The first kappa shape index (κ1) is 22.1. The molecule has 2 aromatic carbocycles. The minimum absolute atomic E-state index is 0.00420. The largest absolute Gasteiger partial charge is 0.310 e. The second-order valence-electron chi connectivity index (χ2n) is 7.39. The molecule has 1 fully saturated rings. The summed E-state index contributed by atoms with van der Waals surface area (Å²) in [6.45, 7) is 4.49. The molecule has 1 aliphatic heterocycles. The second-order valence-corrected chi connectivity index (χ2v) is 10.1. The summed E-state index contributed by atoms with van der Waals surface area (Å²) in [7, 11) is -3.76. The number of rotatable bonds is 5. The summed E-state index contributed by atoms with van der Waals surface area (Å²) in [4.78, 5) is 15.0. The Hall–Kier alpha value is -1.60. The zero-order chi connectivity index (χ0) is 21.2. The molecule has 0 unspecified atom stereocenters. The van der Waals surface area contributed by atoms with Crippen molar-refractivity contribution < 1.29 is 13.2 Å². The van der Waals surface area contributed by atoms with E-state index in [0.717, 1.165) is 5.69 Å². The first-order valence-electron chi connectivity index (χ1n) is 9.55. The van der Waals surface area contributed by atoms with Crippen LogP contribution in [0.25, 0.3) is 0 Å². The molecule has 1 aliphatic rings. The van der Waals surface area contributed by atoms with Crippen molar-refractivity contribution in [1.82, 2.24) is 4.31 Å². The van der Waals surface area contributed by atoms with Gasteiger partial charge in [0.2, 0.25) is 15.9 Å². The highest BCUT2D eigenvalue weighted by Crippen LogP contribution is 2.31. The number of hydrogen-bond acceptors (Lipinski definition) is 3. The van der Waals surface area contributed by atoms with Crippen LogP contribution in [0.15, 0.2) is 53.4 Å². The number of amides is 1. The Morgan fingerprint density at radius 2 is 1.69 bits per heavy atom. The van der Waals surface area contributed by atoms with Crippen LogP contribution in [0, 0.1) is 5.92 Å². The number of anilines is 1. The van der Waals surface area contributed by atoms with Gasteiger partial charge in [-0.3, -0.25) is 4.79 Å². The Morgan fingerprint density at radius 1 is 1.07 bits per heavy atom. The number of sulfonamides is 1. The van der Waals surface area contributed by atoms with E-state index in [1.165, 1.54) is 16.4 Å². The van der Waals surface area contributed by atoms with Crippen molar-refractivity contribution in [2.24, 2.45) is 5.92 Å². The van der Waals surface area contributed by atoms with Crippen LogP contribution >= 0.6 is 23.2 Å². The molecule has 1 saturated heterocycles. The molecule has 0 aromatic heterocycles. The number of para-hydroxylation sites is 1. The Morgan fingerprint density at radius 3 is 2.28 bits per heavy atom. The van der Waals surface area contributed by atoms with Gasteiger partial charge < -0.3 is 4.90 Å². The summed E-state index contributed by atoms with van der Waals surface area (Å²) < 4.78 is 27.4. The second kappa shape index (κ2) is 9.04. The van der Waals surface area contributed by atoms with Gasteiger partial charge >= 0.3 is 0 Å². The van der Waals surface area contributed by atoms with Gasteiger partial charge in [0.1, 0.15) is 4.90 Å². The first-order valence-corrected chi connectivity index (χ1v) is 11.7. The summed E-state index contributed by atoms with van der Waals surface area (Å²) in [5.41, 5.74) is 0.855. The Balaban J connectivity index is 1.74. The van der Waals surface area contributed by atoms with Crippen molar-refractivity contribution in [1.29, 1.82) is 0 Å². The fraction of sp³-hybridized carbons (Fsp3) is 0.381. The quantitative estimate of drug-likeness (QED) is 0.649. The maximum absolute atomic E-state index is 13.2. The summed E-state index contributed by atoms with van der Waals surface area (Å²) in [5.74, 6) is -0.192. The molecule has 0 bridgehead atoms. The lowest BCUT2D eigenvalue weighted by Crippen LogP contribution is -2.46. The molecule has 0 N–H and O–H groups in total. The highest BCUT2D eigenvalue weighted by Gasteiger charge is 2.35. The van der Waals surface area contributed by atoms with Crippen LogP contribution < -0.4 is 4.90 Å². The molecule has 2 aromatic rings. The minimum Gasteiger partial charge on any atom is -0.310 e. The zero-order valence-electron chi connectivity index (χ0n) is 16.4. The number of nitrogens with zero attached hydrogens (tertiary/aromatic N) is 2. The van der Waals surface area contributed by atoms with Crippen LogP contribution in [-0.4, -0.2) is 37.8 Å². The van der Waals surface area contributed by atoms with E-state index >= 15 is 0 Å². The lowest BCUT2D eigenvalue weighted by atomic mass is 9.95. The molecule has 1 amide bonds. The van der Waals surface area contributed by atoms with Crippen molar-refractivity contribution >= 4 is 44.8 Å². The standard InChI is InChI=1S/C21H24Cl2N2O3S/c1-15(2)25(18-6-4-3-5-7-18)21(26)16-10-12-24(13-11-16)29(27,28)20-14-17(22)8-9-19(20)23/h3-9,14-16H,10-13H2,1-2H3. The van der Waals surface area contributed by atoms with Crippen LogP contribution in [0.3, 0.4) is 0 Å². The van der Waals surface area contributed by atoms with E-state index in [1.807, 2.05) is 44.2 Å². The van der Waals surface area contributed by atoms with Gasteiger partial charge in [-0.25, -0.2) is 8.42 Å². The van der Waals surface area contributed by atoms with Crippen LogP contribution in [0.2, 0.25) is 10.0 Å². The molecule has 3 rings (SSSR count). The van der Waals surface area contributed by atoms with E-state index in [9.17, 15) is 13.2 Å². The number of carbonyl (C=O) groups excluding carboxylic acids is 1. The number of piperidine rings is 1. The van der Waals surface area contributed by atoms with Crippen LogP contribution in [-0.2, 0) is 14.8 Å². The van der Waals surface area contributed by atoms with Crippen molar-refractivity contribution in [2.45, 2.75) is 37.6 Å². The van der Waals surface area contributed by atoms with Crippen molar-refractivity contribution in [3.8, 4) is 0 Å². The third kappa shape index (κ3) is 4.77. The van der Waals surface area contributed by atoms with E-state index in [-0.39, 0.29) is 40.9 Å². The lowest BCUT2D eigenvalue weighted by molar-refractivity contribution is -0.123. The zero-order valence-corrected chi connectivity index (χ0v) is 18.7.